The Morgan fingerprint density at radius 1 is 0.842 bits per heavy atom. The summed E-state index contributed by atoms with van der Waals surface area (Å²) in [6, 6.07) is 7.97. The van der Waals surface area contributed by atoms with Crippen LogP contribution in [0, 0.1) is 0 Å². The van der Waals surface area contributed by atoms with Gasteiger partial charge in [0.25, 0.3) is 5.52 Å². The maximum Gasteiger partial charge on any atom is 0.372 e. The summed E-state index contributed by atoms with van der Waals surface area (Å²) >= 11 is 0. The number of nitrogens with zero attached hydrogens (tertiary/aromatic N) is 2. The smallest absolute Gasteiger partial charge is 0.372 e. The number of pyridine rings is 1. The predicted octanol–water partition coefficient (Wildman–Crippen LogP) is 7.84. The minimum Gasteiger partial charge on any atom is -0.502 e. The van der Waals surface area contributed by atoms with Crippen LogP contribution in [0.4, 0.5) is 0 Å². The number of benzene rings is 1. The van der Waals surface area contributed by atoms with Crippen molar-refractivity contribution in [2.75, 3.05) is 19.7 Å². The van der Waals surface area contributed by atoms with Crippen LogP contribution in [0.15, 0.2) is 30.5 Å². The third kappa shape index (κ3) is 10.9. The molecule has 1 aliphatic rings. The average molecular weight is 526 g/mol. The van der Waals surface area contributed by atoms with Gasteiger partial charge in [0.1, 0.15) is 0 Å². The molecule has 0 unspecified atom stereocenters. The molecule has 2 heterocycles. The average Bonchev–Trinajstić information content (AvgIpc) is 2.93. The van der Waals surface area contributed by atoms with E-state index in [1.807, 2.05) is 35.0 Å². The molecular weight excluding hydrogens is 472 g/mol. The number of fused-ring (bicyclic) bond motifs is 1. The first kappa shape index (κ1) is 30.4. The number of rotatable bonds is 19. The molecule has 0 saturated carbocycles. The number of ether oxygens (including phenoxy) is 1. The Hall–Kier alpha value is -2.14. The lowest BCUT2D eigenvalue weighted by Crippen LogP contribution is -2.39. The van der Waals surface area contributed by atoms with E-state index in [9.17, 15) is 9.90 Å². The van der Waals surface area contributed by atoms with Gasteiger partial charge in [0.05, 0.1) is 12.0 Å². The molecular formula is C33H53N2O3+. The summed E-state index contributed by atoms with van der Waals surface area (Å²) in [5, 5.41) is 12.0. The van der Waals surface area contributed by atoms with Crippen molar-refractivity contribution in [2.24, 2.45) is 0 Å². The van der Waals surface area contributed by atoms with E-state index in [4.69, 9.17) is 4.74 Å². The van der Waals surface area contributed by atoms with Gasteiger partial charge in [-0.15, -0.1) is 0 Å². The second kappa shape index (κ2) is 18.2. The van der Waals surface area contributed by atoms with Gasteiger partial charge in [-0.3, -0.25) is 4.90 Å². The Bertz CT molecular complexity index is 939. The number of hydrogen-bond donors (Lipinski definition) is 1. The van der Waals surface area contributed by atoms with E-state index >= 15 is 0 Å². The number of phenolic OH excluding ortho intramolecular Hbond substituents is 1. The number of piperidine rings is 1. The van der Waals surface area contributed by atoms with Crippen LogP contribution in [0.25, 0.3) is 10.9 Å². The highest BCUT2D eigenvalue weighted by molar-refractivity contribution is 5.83. The number of aromatic nitrogens is 1. The minimum atomic E-state index is -0.238. The number of phenols is 1. The van der Waals surface area contributed by atoms with Crippen LogP contribution in [0.3, 0.4) is 0 Å². The van der Waals surface area contributed by atoms with Gasteiger partial charge >= 0.3 is 5.97 Å². The summed E-state index contributed by atoms with van der Waals surface area (Å²) in [6.07, 6.45) is 24.0. The number of likely N-dealkylation sites (tertiary alicyclic amines) is 1. The zero-order valence-corrected chi connectivity index (χ0v) is 24.1. The summed E-state index contributed by atoms with van der Waals surface area (Å²) in [6.45, 7) is 5.79. The molecule has 5 heteroatoms. The molecule has 5 nitrogen and oxygen atoms in total. The molecule has 0 atom stereocenters. The van der Waals surface area contributed by atoms with E-state index < -0.39 is 0 Å². The van der Waals surface area contributed by atoms with Crippen LogP contribution in [0.5, 0.6) is 5.75 Å². The first-order valence-corrected chi connectivity index (χ1v) is 15.7. The van der Waals surface area contributed by atoms with E-state index in [0.29, 0.717) is 6.61 Å². The van der Waals surface area contributed by atoms with E-state index in [2.05, 4.69) is 11.8 Å². The SMILES string of the molecule is CCCCCCCCCCCCCCCCOC(=O)C[n+]1cccc2ccc(CN3CCCCC3)c(O)c21. The van der Waals surface area contributed by atoms with Crippen molar-refractivity contribution in [2.45, 2.75) is 129 Å². The summed E-state index contributed by atoms with van der Waals surface area (Å²) in [5.74, 6) is 0.0477. The lowest BCUT2D eigenvalue weighted by molar-refractivity contribution is -0.660. The van der Waals surface area contributed by atoms with Crippen molar-refractivity contribution in [3.8, 4) is 5.75 Å². The first-order valence-electron chi connectivity index (χ1n) is 15.7. The van der Waals surface area contributed by atoms with Gasteiger partial charge in [-0.05, 0) is 44.5 Å². The van der Waals surface area contributed by atoms with Crippen LogP contribution in [0.1, 0.15) is 122 Å². The third-order valence-corrected chi connectivity index (χ3v) is 8.00. The highest BCUT2D eigenvalue weighted by atomic mass is 16.5. The molecule has 0 amide bonds. The maximum absolute atomic E-state index is 12.6. The largest absolute Gasteiger partial charge is 0.502 e. The van der Waals surface area contributed by atoms with Crippen molar-refractivity contribution >= 4 is 16.9 Å². The topological polar surface area (TPSA) is 53.7 Å². The monoisotopic (exact) mass is 525 g/mol. The maximum atomic E-state index is 12.6. The fraction of sp³-hybridized carbons (Fsp3) is 0.697. The highest BCUT2D eigenvalue weighted by Gasteiger charge is 2.21. The minimum absolute atomic E-state index is 0.122. The van der Waals surface area contributed by atoms with Crippen molar-refractivity contribution in [3.63, 3.8) is 0 Å². The Balaban J connectivity index is 1.30. The van der Waals surface area contributed by atoms with Gasteiger partial charge in [0.2, 0.25) is 6.54 Å². The summed E-state index contributed by atoms with van der Waals surface area (Å²) in [5.41, 5.74) is 1.64. The summed E-state index contributed by atoms with van der Waals surface area (Å²) in [4.78, 5) is 15.0. The number of hydrogen-bond acceptors (Lipinski definition) is 4. The molecule has 38 heavy (non-hydrogen) atoms. The normalized spacial score (nSPS) is 14.2. The van der Waals surface area contributed by atoms with Crippen LogP contribution >= 0.6 is 0 Å². The fourth-order valence-electron chi connectivity index (χ4n) is 5.68. The van der Waals surface area contributed by atoms with Gasteiger partial charge < -0.3 is 9.84 Å². The molecule has 1 fully saturated rings. The number of carbonyl (C=O) groups is 1. The van der Waals surface area contributed by atoms with Crippen LogP contribution in [-0.2, 0) is 22.6 Å². The van der Waals surface area contributed by atoms with Crippen molar-refractivity contribution < 1.29 is 19.2 Å². The first-order chi connectivity index (χ1) is 18.7. The van der Waals surface area contributed by atoms with Crippen molar-refractivity contribution in [3.05, 3.63) is 36.0 Å². The number of esters is 1. The quantitative estimate of drug-likeness (QED) is 0.115. The van der Waals surface area contributed by atoms with Crippen LogP contribution in [-0.4, -0.2) is 35.7 Å². The molecule has 3 rings (SSSR count). The molecule has 1 aromatic carbocycles. The number of aromatic hydroxyl groups is 1. The Labute approximate surface area is 231 Å². The van der Waals surface area contributed by atoms with Crippen molar-refractivity contribution in [1.29, 1.82) is 0 Å². The molecule has 0 bridgehead atoms. The molecule has 1 aliphatic heterocycles. The van der Waals surface area contributed by atoms with E-state index in [1.165, 1.54) is 96.3 Å². The zero-order chi connectivity index (χ0) is 26.8. The van der Waals surface area contributed by atoms with Crippen LogP contribution < -0.4 is 4.57 Å². The Morgan fingerprint density at radius 2 is 1.45 bits per heavy atom. The standard InChI is InChI=1S/C33H52N2O3/c1-2-3-4-5-6-7-8-9-10-11-12-13-14-18-26-38-31(36)28-35-25-19-20-29-21-22-30(33(37)32(29)35)27-34-23-16-15-17-24-34/h19-22,25H,2-18,23-24,26-28H2,1H3/p+1. The lowest BCUT2D eigenvalue weighted by atomic mass is 10.0. The lowest BCUT2D eigenvalue weighted by Gasteiger charge is -2.26. The second-order valence-electron chi connectivity index (χ2n) is 11.3. The van der Waals surface area contributed by atoms with E-state index in [1.54, 1.807) is 0 Å². The third-order valence-electron chi connectivity index (χ3n) is 8.00. The molecule has 0 radical (unpaired) electrons. The zero-order valence-electron chi connectivity index (χ0n) is 24.1. The van der Waals surface area contributed by atoms with Gasteiger partial charge in [-0.1, -0.05) is 103 Å². The number of unbranched alkanes of at least 4 members (excludes halogenated alkanes) is 13. The van der Waals surface area contributed by atoms with E-state index in [-0.39, 0.29) is 18.3 Å². The molecule has 212 valence electrons. The summed E-state index contributed by atoms with van der Waals surface area (Å²) < 4.78 is 7.38. The Kier molecular flexibility index (Phi) is 14.6. The van der Waals surface area contributed by atoms with Gasteiger partial charge in [-0.25, -0.2) is 4.79 Å². The van der Waals surface area contributed by atoms with Crippen LogP contribution in [0.2, 0.25) is 0 Å². The van der Waals surface area contributed by atoms with Gasteiger partial charge in [0, 0.05) is 18.2 Å². The highest BCUT2D eigenvalue weighted by Crippen LogP contribution is 2.28. The predicted molar refractivity (Wildman–Crippen MR) is 156 cm³/mol. The molecule has 1 aromatic heterocycles. The van der Waals surface area contributed by atoms with E-state index in [0.717, 1.165) is 48.9 Å². The molecule has 2 aromatic rings. The number of carbonyl (C=O) groups excluding carboxylic acids is 1. The Morgan fingerprint density at radius 3 is 2.08 bits per heavy atom. The fourth-order valence-corrected chi connectivity index (χ4v) is 5.68. The molecule has 1 saturated heterocycles. The molecule has 0 aliphatic carbocycles. The summed E-state index contributed by atoms with van der Waals surface area (Å²) in [7, 11) is 0. The van der Waals surface area contributed by atoms with Gasteiger partial charge in [-0.2, -0.15) is 4.57 Å². The second-order valence-corrected chi connectivity index (χ2v) is 11.3. The molecule has 1 N–H and O–H groups in total. The van der Waals surface area contributed by atoms with Gasteiger partial charge in [0.15, 0.2) is 11.9 Å². The van der Waals surface area contributed by atoms with Crippen molar-refractivity contribution in [1.82, 2.24) is 4.90 Å². The molecule has 0 spiro atoms.